The molecule has 0 heterocycles. The van der Waals surface area contributed by atoms with Crippen LogP contribution in [0.25, 0.3) is 0 Å². The summed E-state index contributed by atoms with van der Waals surface area (Å²) in [4.78, 5) is 13.6. The summed E-state index contributed by atoms with van der Waals surface area (Å²) in [6.45, 7) is 4.60. The van der Waals surface area contributed by atoms with E-state index in [4.69, 9.17) is 23.8 Å². The van der Waals surface area contributed by atoms with Gasteiger partial charge in [0.25, 0.3) is 20.2 Å². The van der Waals surface area contributed by atoms with E-state index < -0.39 is 42.8 Å². The van der Waals surface area contributed by atoms with Crippen LogP contribution in [0.15, 0.2) is 0 Å². The Morgan fingerprint density at radius 3 is 1.68 bits per heavy atom. The normalized spacial score (nSPS) is 41.2. The molecule has 16 heteroatoms. The predicted octanol–water partition coefficient (Wildman–Crippen LogP) is 8.42. The molecular weight excluding hydrogens is 797 g/mol. The fourth-order valence-corrected chi connectivity index (χ4v) is 15.4. The van der Waals surface area contributed by atoms with Gasteiger partial charge in [-0.3, -0.25) is 13.9 Å². The highest BCUT2D eigenvalue weighted by Gasteiger charge is 2.50. The highest BCUT2D eigenvalue weighted by molar-refractivity contribution is 7.95. The van der Waals surface area contributed by atoms with Crippen LogP contribution in [0.3, 0.4) is 0 Å². The number of hydrogen-bond acceptors (Lipinski definition) is 12. The van der Waals surface area contributed by atoms with Gasteiger partial charge >= 0.3 is 0 Å². The number of rotatable bonds is 15. The van der Waals surface area contributed by atoms with Crippen molar-refractivity contribution in [1.29, 1.82) is 0 Å². The fourth-order valence-electron chi connectivity index (χ4n) is 12.5. The van der Waals surface area contributed by atoms with Crippen molar-refractivity contribution in [3.05, 3.63) is 0 Å². The third-order valence-corrected chi connectivity index (χ3v) is 19.3. The first-order valence-corrected chi connectivity index (χ1v) is 25.8. The third-order valence-electron chi connectivity index (χ3n) is 15.9. The molecule has 6 aliphatic rings. The van der Waals surface area contributed by atoms with E-state index in [2.05, 4.69) is 12.0 Å². The number of hydrogen-bond donors (Lipinski definition) is 3. The second-order valence-corrected chi connectivity index (χ2v) is 23.3. The molecule has 6 rings (SSSR count). The molecule has 0 saturated heterocycles. The average molecular weight is 867 g/mol. The van der Waals surface area contributed by atoms with Gasteiger partial charge in [0, 0.05) is 31.0 Å². The van der Waals surface area contributed by atoms with Crippen LogP contribution in [0.2, 0.25) is 0 Å². The number of Topliss-reactive ketones (excluding diaryl/α,β-unsaturated/α-hetero) is 1. The summed E-state index contributed by atoms with van der Waals surface area (Å²) in [6.07, 6.45) is 17.7. The van der Waals surface area contributed by atoms with Crippen molar-refractivity contribution in [3.8, 4) is 0 Å². The molecule has 6 fully saturated rings. The maximum atomic E-state index is 13.6. The first-order chi connectivity index (χ1) is 27.1. The van der Waals surface area contributed by atoms with Crippen LogP contribution in [0, 0.1) is 40.9 Å². The standard InChI is InChI=1S/C41H70O13S3/c1-26-7-21-37(39(23-26)57(47,48)49)52-34-19-13-31(14-20-34)41(2,29-9-15-32(50-3)16-10-29)30-11-17-33(18-12-30)51-36-22-8-28(25-38(36)55-54-53-43)40(42)27-5-4-6-35(24-27)56(44,45)46/h26-39,43H,4-25H2,1-3H3,(H,44,45,46)(H,47,48,49). The Morgan fingerprint density at radius 2 is 1.16 bits per heavy atom. The Balaban J connectivity index is 1.06. The van der Waals surface area contributed by atoms with E-state index >= 15 is 0 Å². The number of ketones is 1. The van der Waals surface area contributed by atoms with E-state index in [0.717, 1.165) is 95.5 Å². The second-order valence-electron chi connectivity index (χ2n) is 19.0. The van der Waals surface area contributed by atoms with Crippen LogP contribution in [0.1, 0.15) is 155 Å². The van der Waals surface area contributed by atoms with Crippen LogP contribution in [0.5, 0.6) is 0 Å². The van der Waals surface area contributed by atoms with Gasteiger partial charge in [-0.25, -0.2) is 5.26 Å². The number of carbonyl (C=O) groups excluding carboxylic acids is 1. The highest BCUT2D eigenvalue weighted by atomic mass is 32.2. The van der Waals surface area contributed by atoms with Crippen LogP contribution in [-0.4, -0.2) is 90.4 Å². The molecule has 0 aromatic heterocycles. The van der Waals surface area contributed by atoms with Crippen molar-refractivity contribution in [1.82, 2.24) is 0 Å². The van der Waals surface area contributed by atoms with Crippen molar-refractivity contribution in [2.75, 3.05) is 7.11 Å². The van der Waals surface area contributed by atoms with Gasteiger partial charge in [0.15, 0.2) is 0 Å². The van der Waals surface area contributed by atoms with Gasteiger partial charge in [0.1, 0.15) is 11.0 Å². The summed E-state index contributed by atoms with van der Waals surface area (Å²) in [5, 5.41) is 11.0. The molecular formula is C41H70O13S3. The van der Waals surface area contributed by atoms with Crippen molar-refractivity contribution in [2.24, 2.45) is 40.9 Å². The van der Waals surface area contributed by atoms with Crippen LogP contribution in [0.4, 0.5) is 0 Å². The molecule has 0 aliphatic heterocycles. The van der Waals surface area contributed by atoms with Gasteiger partial charge in [-0.2, -0.15) is 16.8 Å². The Morgan fingerprint density at radius 1 is 0.632 bits per heavy atom. The molecule has 0 radical (unpaired) electrons. The van der Waals surface area contributed by atoms with Crippen molar-refractivity contribution in [3.63, 3.8) is 0 Å². The monoisotopic (exact) mass is 866 g/mol. The molecule has 9 atom stereocenters. The maximum absolute atomic E-state index is 13.6. The van der Waals surface area contributed by atoms with E-state index in [-0.39, 0.29) is 53.0 Å². The predicted molar refractivity (Wildman–Crippen MR) is 216 cm³/mol. The minimum Gasteiger partial charge on any atom is -0.381 e. The summed E-state index contributed by atoms with van der Waals surface area (Å²) in [7, 11) is -6.54. The van der Waals surface area contributed by atoms with E-state index in [9.17, 15) is 30.7 Å². The van der Waals surface area contributed by atoms with Gasteiger partial charge < -0.3 is 14.2 Å². The maximum Gasteiger partial charge on any atom is 0.270 e. The first kappa shape index (κ1) is 46.1. The first-order valence-electron chi connectivity index (χ1n) is 22.0. The molecule has 0 amide bonds. The Labute approximate surface area is 345 Å². The van der Waals surface area contributed by atoms with Gasteiger partial charge in [-0.05, 0) is 164 Å². The molecule has 57 heavy (non-hydrogen) atoms. The number of ether oxygens (including phenoxy) is 3. The molecule has 9 unspecified atom stereocenters. The quantitative estimate of drug-likeness (QED) is 0.0615. The van der Waals surface area contributed by atoms with Crippen LogP contribution < -0.4 is 0 Å². The van der Waals surface area contributed by atoms with E-state index in [1.165, 1.54) is 0 Å². The average Bonchev–Trinajstić information content (AvgIpc) is 3.20. The van der Waals surface area contributed by atoms with Crippen LogP contribution in [-0.2, 0) is 48.6 Å². The fraction of sp³-hybridized carbons (Fsp3) is 0.976. The van der Waals surface area contributed by atoms with Gasteiger partial charge in [-0.15, -0.1) is 4.33 Å². The zero-order valence-corrected chi connectivity index (χ0v) is 36.7. The lowest BCUT2D eigenvalue weighted by Gasteiger charge is -2.54. The molecule has 0 spiro atoms. The SMILES string of the molecule is COC1CCC(C(C)(C2CCC(OC3CCC(C(=O)C4CCCC(S(=O)(=O)O)C4)CC3SOOO)CC2)C2CCC(OC3CCC(C)CC3S(=O)(=O)O)CC2)CC1. The number of carbonyl (C=O) groups is 1. The van der Waals surface area contributed by atoms with Crippen LogP contribution >= 0.6 is 12.0 Å². The Kier molecular flexibility index (Phi) is 16.3. The molecule has 13 nitrogen and oxygen atoms in total. The largest absolute Gasteiger partial charge is 0.381 e. The zero-order valence-electron chi connectivity index (χ0n) is 34.3. The Bertz CT molecular complexity index is 1500. The minimum absolute atomic E-state index is 0.00852. The van der Waals surface area contributed by atoms with E-state index in [1.807, 2.05) is 14.0 Å². The lowest BCUT2D eigenvalue weighted by molar-refractivity contribution is -0.432. The van der Waals surface area contributed by atoms with Gasteiger partial charge in [-0.1, -0.05) is 25.3 Å². The molecule has 3 N–H and O–H groups in total. The summed E-state index contributed by atoms with van der Waals surface area (Å²) in [6, 6.07) is 0. The molecule has 330 valence electrons. The second kappa shape index (κ2) is 20.2. The Hall–Kier alpha value is -0.400. The third kappa shape index (κ3) is 11.6. The van der Waals surface area contributed by atoms with E-state index in [0.29, 0.717) is 75.2 Å². The summed E-state index contributed by atoms with van der Waals surface area (Å²) < 4.78 is 92.0. The van der Waals surface area contributed by atoms with Gasteiger partial charge in [0.2, 0.25) is 0 Å². The topological polar surface area (TPSA) is 192 Å². The molecule has 0 aromatic carbocycles. The lowest BCUT2D eigenvalue weighted by atomic mass is 9.52. The molecule has 0 bridgehead atoms. The van der Waals surface area contributed by atoms with Crippen molar-refractivity contribution < 1.29 is 59.6 Å². The molecule has 0 aromatic rings. The molecule has 6 saturated carbocycles. The van der Waals surface area contributed by atoms with E-state index in [1.54, 1.807) is 0 Å². The number of methoxy groups -OCH3 is 1. The van der Waals surface area contributed by atoms with Crippen molar-refractivity contribution in [2.45, 2.75) is 201 Å². The summed E-state index contributed by atoms with van der Waals surface area (Å²) in [5.74, 6) is 1.29. The van der Waals surface area contributed by atoms with Gasteiger partial charge in [0.05, 0.1) is 41.0 Å². The molecule has 6 aliphatic carbocycles. The smallest absolute Gasteiger partial charge is 0.270 e. The highest BCUT2D eigenvalue weighted by Crippen LogP contribution is 2.57. The minimum atomic E-state index is -4.19. The lowest BCUT2D eigenvalue weighted by Crippen LogP contribution is -2.48. The van der Waals surface area contributed by atoms with Crippen molar-refractivity contribution >= 4 is 38.1 Å². The summed E-state index contributed by atoms with van der Waals surface area (Å²) >= 11 is 0.975. The summed E-state index contributed by atoms with van der Waals surface area (Å²) in [5.41, 5.74) is 0.141. The zero-order chi connectivity index (χ0) is 41.0.